The highest BCUT2D eigenvalue weighted by atomic mass is 16.5. The molecule has 2 atom stereocenters. The molecule has 2 unspecified atom stereocenters. The summed E-state index contributed by atoms with van der Waals surface area (Å²) in [4.78, 5) is 14.1. The maximum Gasteiger partial charge on any atom is 0.276 e. The molecule has 92 valence electrons. The Morgan fingerprint density at radius 1 is 1.59 bits per heavy atom. The quantitative estimate of drug-likeness (QED) is 0.782. The number of aromatic nitrogens is 1. The normalized spacial score (nSPS) is 28.2. The van der Waals surface area contributed by atoms with Gasteiger partial charge in [0.1, 0.15) is 5.76 Å². The van der Waals surface area contributed by atoms with E-state index in [4.69, 9.17) is 4.52 Å². The lowest BCUT2D eigenvalue weighted by atomic mass is 9.92. The maximum atomic E-state index is 12.2. The molecule has 1 aromatic heterocycles. The molecule has 1 amide bonds. The summed E-state index contributed by atoms with van der Waals surface area (Å²) in [7, 11) is 0. The van der Waals surface area contributed by atoms with Crippen LogP contribution in [0.25, 0.3) is 0 Å². The first-order valence-corrected chi connectivity index (χ1v) is 6.20. The van der Waals surface area contributed by atoms with E-state index in [1.54, 1.807) is 13.0 Å². The number of carbonyl (C=O) groups excluding carboxylic acids is 1. The second-order valence-electron chi connectivity index (χ2n) is 4.97. The van der Waals surface area contributed by atoms with Gasteiger partial charge < -0.3 is 14.7 Å². The Labute approximate surface area is 100 Å². The second-order valence-corrected chi connectivity index (χ2v) is 4.97. The molecule has 0 saturated carbocycles. The zero-order chi connectivity index (χ0) is 11.8. The molecule has 17 heavy (non-hydrogen) atoms. The minimum Gasteiger partial charge on any atom is -0.361 e. The summed E-state index contributed by atoms with van der Waals surface area (Å²) in [6.45, 7) is 4.53. The Hall–Kier alpha value is -1.36. The number of amides is 1. The van der Waals surface area contributed by atoms with Crippen LogP contribution >= 0.6 is 0 Å². The first-order chi connectivity index (χ1) is 8.24. The van der Waals surface area contributed by atoms with Gasteiger partial charge in [-0.3, -0.25) is 4.79 Å². The molecule has 3 rings (SSSR count). The van der Waals surface area contributed by atoms with Crippen LogP contribution < -0.4 is 5.32 Å². The third-order valence-electron chi connectivity index (χ3n) is 3.81. The third-order valence-corrected chi connectivity index (χ3v) is 3.81. The number of likely N-dealkylation sites (tertiary alicyclic amines) is 1. The van der Waals surface area contributed by atoms with E-state index in [9.17, 15) is 4.79 Å². The molecule has 2 fully saturated rings. The zero-order valence-electron chi connectivity index (χ0n) is 9.98. The van der Waals surface area contributed by atoms with E-state index < -0.39 is 0 Å². The number of hydrogen-bond donors (Lipinski definition) is 1. The molecule has 2 saturated heterocycles. The lowest BCUT2D eigenvalue weighted by molar-refractivity contribution is 0.0659. The van der Waals surface area contributed by atoms with E-state index in [1.807, 2.05) is 4.90 Å². The van der Waals surface area contributed by atoms with Crippen molar-refractivity contribution in [2.24, 2.45) is 5.92 Å². The minimum atomic E-state index is -0.00556. The van der Waals surface area contributed by atoms with Crippen molar-refractivity contribution in [1.29, 1.82) is 0 Å². The Morgan fingerprint density at radius 2 is 2.47 bits per heavy atom. The predicted octanol–water partition coefficient (Wildman–Crippen LogP) is 0.807. The monoisotopic (exact) mass is 235 g/mol. The molecule has 2 aliphatic rings. The third kappa shape index (κ3) is 1.95. The van der Waals surface area contributed by atoms with Crippen LogP contribution in [0.5, 0.6) is 0 Å². The van der Waals surface area contributed by atoms with Crippen LogP contribution in [0.3, 0.4) is 0 Å². The molecule has 0 spiro atoms. The van der Waals surface area contributed by atoms with Gasteiger partial charge in [0.05, 0.1) is 0 Å². The lowest BCUT2D eigenvalue weighted by Gasteiger charge is -2.34. The van der Waals surface area contributed by atoms with Gasteiger partial charge in [-0.05, 0) is 32.2 Å². The molecule has 0 bridgehead atoms. The number of fused-ring (bicyclic) bond motifs is 1. The standard InChI is InChI=1S/C12H17N3O2/c1-8-6-10(14-17-8)12(16)15-5-3-9-2-4-13-11(9)7-15/h6,9,11,13H,2-5,7H2,1H3. The van der Waals surface area contributed by atoms with Gasteiger partial charge in [-0.25, -0.2) is 0 Å². The molecule has 0 radical (unpaired) electrons. The van der Waals surface area contributed by atoms with E-state index >= 15 is 0 Å². The second kappa shape index (κ2) is 4.14. The summed E-state index contributed by atoms with van der Waals surface area (Å²) in [6.07, 6.45) is 2.34. The first-order valence-electron chi connectivity index (χ1n) is 6.20. The Balaban J connectivity index is 1.70. The Morgan fingerprint density at radius 3 is 3.24 bits per heavy atom. The highest BCUT2D eigenvalue weighted by Crippen LogP contribution is 2.25. The molecule has 3 heterocycles. The molecular formula is C12H17N3O2. The Kier molecular flexibility index (Phi) is 2.63. The number of carbonyl (C=O) groups is 1. The Bertz CT molecular complexity index is 429. The van der Waals surface area contributed by atoms with E-state index in [0.717, 1.165) is 32.0 Å². The fourth-order valence-electron chi connectivity index (χ4n) is 2.85. The van der Waals surface area contributed by atoms with Gasteiger partial charge in [-0.15, -0.1) is 0 Å². The zero-order valence-corrected chi connectivity index (χ0v) is 9.98. The molecule has 1 aromatic rings. The van der Waals surface area contributed by atoms with Crippen LogP contribution in [-0.2, 0) is 0 Å². The summed E-state index contributed by atoms with van der Waals surface area (Å²) < 4.78 is 4.95. The van der Waals surface area contributed by atoms with Crippen LogP contribution in [0.4, 0.5) is 0 Å². The molecule has 5 nitrogen and oxygen atoms in total. The van der Waals surface area contributed by atoms with Crippen LogP contribution in [-0.4, -0.2) is 41.6 Å². The van der Waals surface area contributed by atoms with Crippen LogP contribution in [0.15, 0.2) is 10.6 Å². The molecule has 1 N–H and O–H groups in total. The van der Waals surface area contributed by atoms with Crippen molar-refractivity contribution in [3.8, 4) is 0 Å². The largest absolute Gasteiger partial charge is 0.361 e. The van der Waals surface area contributed by atoms with E-state index in [-0.39, 0.29) is 5.91 Å². The number of nitrogens with one attached hydrogen (secondary N) is 1. The van der Waals surface area contributed by atoms with Gasteiger partial charge in [-0.2, -0.15) is 0 Å². The van der Waals surface area contributed by atoms with Crippen LogP contribution in [0.1, 0.15) is 29.1 Å². The van der Waals surface area contributed by atoms with Gasteiger partial charge in [0, 0.05) is 25.2 Å². The van der Waals surface area contributed by atoms with Crippen LogP contribution in [0.2, 0.25) is 0 Å². The number of hydrogen-bond acceptors (Lipinski definition) is 4. The number of aryl methyl sites for hydroxylation is 1. The molecule has 5 heteroatoms. The fourth-order valence-corrected chi connectivity index (χ4v) is 2.85. The molecular weight excluding hydrogens is 218 g/mol. The van der Waals surface area contributed by atoms with Crippen molar-refractivity contribution in [1.82, 2.24) is 15.4 Å². The van der Waals surface area contributed by atoms with Gasteiger partial charge in [0.2, 0.25) is 0 Å². The van der Waals surface area contributed by atoms with Gasteiger partial charge >= 0.3 is 0 Å². The van der Waals surface area contributed by atoms with Gasteiger partial charge in [0.25, 0.3) is 5.91 Å². The highest BCUT2D eigenvalue weighted by molar-refractivity contribution is 5.92. The topological polar surface area (TPSA) is 58.4 Å². The smallest absolute Gasteiger partial charge is 0.276 e. The van der Waals surface area contributed by atoms with E-state index in [1.165, 1.54) is 6.42 Å². The summed E-state index contributed by atoms with van der Waals surface area (Å²) in [6, 6.07) is 2.18. The predicted molar refractivity (Wildman–Crippen MR) is 61.7 cm³/mol. The van der Waals surface area contributed by atoms with Crippen molar-refractivity contribution in [2.45, 2.75) is 25.8 Å². The van der Waals surface area contributed by atoms with Gasteiger partial charge in [-0.1, -0.05) is 5.16 Å². The molecule has 2 aliphatic heterocycles. The number of nitrogens with zero attached hydrogens (tertiary/aromatic N) is 2. The fraction of sp³-hybridized carbons (Fsp3) is 0.667. The summed E-state index contributed by atoms with van der Waals surface area (Å²) in [5.74, 6) is 1.43. The first kappa shape index (κ1) is 10.8. The van der Waals surface area contributed by atoms with Crippen molar-refractivity contribution in [3.63, 3.8) is 0 Å². The average Bonchev–Trinajstić information content (AvgIpc) is 2.95. The SMILES string of the molecule is Cc1cc(C(=O)N2CCC3CCNC3C2)no1. The van der Waals surface area contributed by atoms with Gasteiger partial charge in [0.15, 0.2) is 5.69 Å². The minimum absolute atomic E-state index is 0.00556. The average molecular weight is 235 g/mol. The lowest BCUT2D eigenvalue weighted by Crippen LogP contribution is -2.48. The molecule has 0 aliphatic carbocycles. The number of piperidine rings is 1. The van der Waals surface area contributed by atoms with Crippen molar-refractivity contribution in [3.05, 3.63) is 17.5 Å². The summed E-state index contributed by atoms with van der Waals surface area (Å²) in [5, 5.41) is 7.25. The summed E-state index contributed by atoms with van der Waals surface area (Å²) >= 11 is 0. The van der Waals surface area contributed by atoms with Crippen molar-refractivity contribution in [2.75, 3.05) is 19.6 Å². The van der Waals surface area contributed by atoms with E-state index in [0.29, 0.717) is 17.5 Å². The maximum absolute atomic E-state index is 12.2. The number of rotatable bonds is 1. The summed E-state index contributed by atoms with van der Waals surface area (Å²) in [5.41, 5.74) is 0.430. The van der Waals surface area contributed by atoms with Crippen molar-refractivity contribution < 1.29 is 9.32 Å². The van der Waals surface area contributed by atoms with E-state index in [2.05, 4.69) is 10.5 Å². The van der Waals surface area contributed by atoms with Crippen LogP contribution in [0, 0.1) is 12.8 Å². The van der Waals surface area contributed by atoms with Crippen molar-refractivity contribution >= 4 is 5.91 Å². The molecule has 0 aromatic carbocycles. The highest BCUT2D eigenvalue weighted by Gasteiger charge is 2.35.